The van der Waals surface area contributed by atoms with Crippen molar-refractivity contribution < 1.29 is 0 Å². The number of pyridine rings is 1. The number of anilines is 1. The highest BCUT2D eigenvalue weighted by atomic mass is 35.5. The maximum atomic E-state index is 6.03. The summed E-state index contributed by atoms with van der Waals surface area (Å²) in [5.41, 5.74) is 3.21. The average molecular weight is 255 g/mol. The van der Waals surface area contributed by atoms with Gasteiger partial charge in [-0.15, -0.1) is 0 Å². The molecule has 1 aromatic heterocycles. The summed E-state index contributed by atoms with van der Waals surface area (Å²) in [6.07, 6.45) is 7.95. The summed E-state index contributed by atoms with van der Waals surface area (Å²) in [4.78, 5) is 3.91. The first-order valence-corrected chi connectivity index (χ1v) is 5.87. The van der Waals surface area contributed by atoms with E-state index in [0.29, 0.717) is 10.2 Å². The SMILES string of the molecule is CC1=C(Nc2cc(Cl)ncc2Cl)C=CCC1. The molecule has 0 atom stereocenters. The summed E-state index contributed by atoms with van der Waals surface area (Å²) in [6, 6.07) is 1.73. The molecule has 0 saturated carbocycles. The number of halogens is 2. The zero-order valence-corrected chi connectivity index (χ0v) is 10.4. The van der Waals surface area contributed by atoms with E-state index in [-0.39, 0.29) is 0 Å². The molecule has 0 amide bonds. The fourth-order valence-corrected chi connectivity index (χ4v) is 1.89. The van der Waals surface area contributed by atoms with Gasteiger partial charge in [0.15, 0.2) is 0 Å². The average Bonchev–Trinajstić information content (AvgIpc) is 2.27. The minimum Gasteiger partial charge on any atom is -0.354 e. The van der Waals surface area contributed by atoms with Gasteiger partial charge in [0.05, 0.1) is 10.7 Å². The molecule has 2 nitrogen and oxygen atoms in total. The zero-order chi connectivity index (χ0) is 11.5. The number of hydrogen-bond donors (Lipinski definition) is 1. The number of allylic oxidation sites excluding steroid dienone is 3. The summed E-state index contributed by atoms with van der Waals surface area (Å²) >= 11 is 11.9. The number of nitrogens with one attached hydrogen (secondary N) is 1. The van der Waals surface area contributed by atoms with E-state index in [9.17, 15) is 0 Å². The molecule has 0 bridgehead atoms. The topological polar surface area (TPSA) is 24.9 Å². The summed E-state index contributed by atoms with van der Waals surface area (Å²) in [5, 5.41) is 4.28. The Morgan fingerprint density at radius 2 is 2.19 bits per heavy atom. The van der Waals surface area contributed by atoms with Crippen LogP contribution < -0.4 is 5.32 Å². The maximum Gasteiger partial charge on any atom is 0.131 e. The fraction of sp³-hybridized carbons (Fsp3) is 0.250. The van der Waals surface area contributed by atoms with E-state index in [4.69, 9.17) is 23.2 Å². The van der Waals surface area contributed by atoms with Crippen LogP contribution in [0.15, 0.2) is 35.7 Å². The van der Waals surface area contributed by atoms with Crippen molar-refractivity contribution in [3.63, 3.8) is 0 Å². The van der Waals surface area contributed by atoms with Crippen molar-refractivity contribution in [1.82, 2.24) is 4.98 Å². The molecule has 1 N–H and O–H groups in total. The molecular weight excluding hydrogens is 243 g/mol. The molecular formula is C12H12Cl2N2. The highest BCUT2D eigenvalue weighted by Crippen LogP contribution is 2.27. The quantitative estimate of drug-likeness (QED) is 0.791. The van der Waals surface area contributed by atoms with Gasteiger partial charge in [0.25, 0.3) is 0 Å². The van der Waals surface area contributed by atoms with E-state index in [1.165, 1.54) is 5.57 Å². The van der Waals surface area contributed by atoms with Gasteiger partial charge in [-0.3, -0.25) is 0 Å². The summed E-state index contributed by atoms with van der Waals surface area (Å²) in [5.74, 6) is 0. The first-order chi connectivity index (χ1) is 7.66. The Morgan fingerprint density at radius 1 is 1.38 bits per heavy atom. The Morgan fingerprint density at radius 3 is 2.94 bits per heavy atom. The number of nitrogens with zero attached hydrogens (tertiary/aromatic N) is 1. The monoisotopic (exact) mass is 254 g/mol. The second kappa shape index (κ2) is 4.89. The minimum absolute atomic E-state index is 0.435. The molecule has 1 aromatic rings. The largest absolute Gasteiger partial charge is 0.354 e. The Labute approximate surface area is 105 Å². The van der Waals surface area contributed by atoms with Gasteiger partial charge in [-0.05, 0) is 31.4 Å². The molecule has 0 fully saturated rings. The zero-order valence-electron chi connectivity index (χ0n) is 8.93. The number of aromatic nitrogens is 1. The molecule has 0 unspecified atom stereocenters. The van der Waals surface area contributed by atoms with E-state index in [1.54, 1.807) is 12.3 Å². The van der Waals surface area contributed by atoms with Crippen LogP contribution in [0.3, 0.4) is 0 Å². The molecule has 0 spiro atoms. The third-order valence-corrected chi connectivity index (χ3v) is 3.03. The predicted octanol–water partition coefficient (Wildman–Crippen LogP) is 4.42. The van der Waals surface area contributed by atoms with Crippen LogP contribution in [0.2, 0.25) is 10.2 Å². The molecule has 4 heteroatoms. The van der Waals surface area contributed by atoms with Gasteiger partial charge >= 0.3 is 0 Å². The van der Waals surface area contributed by atoms with Crippen LogP contribution in [0.4, 0.5) is 5.69 Å². The fourth-order valence-electron chi connectivity index (χ4n) is 1.58. The van der Waals surface area contributed by atoms with Crippen LogP contribution in [-0.4, -0.2) is 4.98 Å². The summed E-state index contributed by atoms with van der Waals surface area (Å²) in [7, 11) is 0. The van der Waals surface area contributed by atoms with Crippen LogP contribution in [0.1, 0.15) is 19.8 Å². The van der Waals surface area contributed by atoms with Crippen LogP contribution in [-0.2, 0) is 0 Å². The minimum atomic E-state index is 0.435. The van der Waals surface area contributed by atoms with Crippen molar-refractivity contribution in [3.05, 3.63) is 45.9 Å². The second-order valence-electron chi connectivity index (χ2n) is 3.75. The number of hydrogen-bond acceptors (Lipinski definition) is 2. The smallest absolute Gasteiger partial charge is 0.131 e. The predicted molar refractivity (Wildman–Crippen MR) is 69.0 cm³/mol. The molecule has 0 radical (unpaired) electrons. The lowest BCUT2D eigenvalue weighted by Crippen LogP contribution is -2.03. The van der Waals surface area contributed by atoms with Gasteiger partial charge in [0.1, 0.15) is 5.15 Å². The van der Waals surface area contributed by atoms with Gasteiger partial charge in [0, 0.05) is 18.0 Å². The van der Waals surface area contributed by atoms with Crippen LogP contribution in [0, 0.1) is 0 Å². The first-order valence-electron chi connectivity index (χ1n) is 5.11. The molecule has 84 valence electrons. The van der Waals surface area contributed by atoms with Gasteiger partial charge in [-0.25, -0.2) is 4.98 Å². The molecule has 16 heavy (non-hydrogen) atoms. The first kappa shape index (κ1) is 11.5. The van der Waals surface area contributed by atoms with E-state index in [1.807, 2.05) is 0 Å². The lowest BCUT2D eigenvalue weighted by Gasteiger charge is -2.15. The number of rotatable bonds is 2. The standard InChI is InChI=1S/C12H12Cl2N2/c1-8-4-2-3-5-10(8)16-11-6-12(14)15-7-9(11)13/h3,5-7H,2,4H2,1H3,(H,15,16). The summed E-state index contributed by atoms with van der Waals surface area (Å²) in [6.45, 7) is 2.11. The molecule has 1 aliphatic carbocycles. The van der Waals surface area contributed by atoms with Crippen LogP contribution >= 0.6 is 23.2 Å². The van der Waals surface area contributed by atoms with Crippen molar-refractivity contribution in [3.8, 4) is 0 Å². The molecule has 2 rings (SSSR count). The van der Waals surface area contributed by atoms with Crippen molar-refractivity contribution in [2.45, 2.75) is 19.8 Å². The highest BCUT2D eigenvalue weighted by Gasteiger charge is 2.07. The van der Waals surface area contributed by atoms with Crippen molar-refractivity contribution >= 4 is 28.9 Å². The van der Waals surface area contributed by atoms with Crippen LogP contribution in [0.5, 0.6) is 0 Å². The van der Waals surface area contributed by atoms with E-state index >= 15 is 0 Å². The lowest BCUT2D eigenvalue weighted by atomic mass is 10.0. The molecule has 0 saturated heterocycles. The van der Waals surface area contributed by atoms with Gasteiger partial charge in [-0.1, -0.05) is 29.3 Å². The second-order valence-corrected chi connectivity index (χ2v) is 4.54. The van der Waals surface area contributed by atoms with Gasteiger partial charge < -0.3 is 5.32 Å². The Hall–Kier alpha value is -0.990. The van der Waals surface area contributed by atoms with E-state index < -0.39 is 0 Å². The third-order valence-electron chi connectivity index (χ3n) is 2.52. The highest BCUT2D eigenvalue weighted by molar-refractivity contribution is 6.34. The van der Waals surface area contributed by atoms with Crippen molar-refractivity contribution in [1.29, 1.82) is 0 Å². The van der Waals surface area contributed by atoms with Gasteiger partial charge in [-0.2, -0.15) is 0 Å². The normalized spacial score (nSPS) is 15.4. The van der Waals surface area contributed by atoms with E-state index in [0.717, 1.165) is 24.2 Å². The van der Waals surface area contributed by atoms with Crippen molar-refractivity contribution in [2.75, 3.05) is 5.32 Å². The summed E-state index contributed by atoms with van der Waals surface area (Å²) < 4.78 is 0. The van der Waals surface area contributed by atoms with Gasteiger partial charge in [0.2, 0.25) is 0 Å². The van der Waals surface area contributed by atoms with E-state index in [2.05, 4.69) is 29.4 Å². The third kappa shape index (κ3) is 2.57. The Balaban J connectivity index is 2.27. The molecule has 0 aliphatic heterocycles. The molecule has 1 heterocycles. The molecule has 0 aromatic carbocycles. The molecule has 1 aliphatic rings. The van der Waals surface area contributed by atoms with Crippen molar-refractivity contribution in [2.24, 2.45) is 0 Å². The van der Waals surface area contributed by atoms with Crippen LogP contribution in [0.25, 0.3) is 0 Å². The lowest BCUT2D eigenvalue weighted by molar-refractivity contribution is 0.941. The maximum absolute atomic E-state index is 6.03. The Kier molecular flexibility index (Phi) is 3.52. The Bertz CT molecular complexity index is 464.